The summed E-state index contributed by atoms with van der Waals surface area (Å²) in [5.74, 6) is -0.459. The fourth-order valence-electron chi connectivity index (χ4n) is 6.74. The van der Waals surface area contributed by atoms with Crippen LogP contribution >= 0.6 is 0 Å². The van der Waals surface area contributed by atoms with Gasteiger partial charge in [-0.05, 0) is 75.6 Å². The number of rotatable bonds is 6. The number of benzene rings is 2. The van der Waals surface area contributed by atoms with Gasteiger partial charge in [0.15, 0.2) is 0 Å². The highest BCUT2D eigenvalue weighted by molar-refractivity contribution is 6.07. The van der Waals surface area contributed by atoms with Crippen molar-refractivity contribution >= 4 is 21.9 Å². The van der Waals surface area contributed by atoms with Gasteiger partial charge in [-0.1, -0.05) is 23.4 Å². The Balaban J connectivity index is 1.57. The minimum Gasteiger partial charge on any atom is -0.385 e. The van der Waals surface area contributed by atoms with Crippen LogP contribution < -0.4 is 0 Å². The molecule has 3 aromatic heterocycles. The lowest BCUT2D eigenvalue weighted by molar-refractivity contribution is 0.0328. The van der Waals surface area contributed by atoms with Gasteiger partial charge >= 0.3 is 0 Å². The molecule has 0 spiro atoms. The number of hydrogen-bond acceptors (Lipinski definition) is 5. The van der Waals surface area contributed by atoms with Crippen LogP contribution in [0.5, 0.6) is 0 Å². The summed E-state index contributed by atoms with van der Waals surface area (Å²) in [6.07, 6.45) is 5.14. The number of hydrogen-bond donors (Lipinski definition) is 1. The number of aliphatic hydroxyl groups is 1. The first-order valence-electron chi connectivity index (χ1n) is 14.3. The van der Waals surface area contributed by atoms with E-state index in [4.69, 9.17) is 9.72 Å². The molecule has 1 aliphatic carbocycles. The molecule has 2 aromatic carbocycles. The van der Waals surface area contributed by atoms with Crippen LogP contribution in [0.1, 0.15) is 55.5 Å². The van der Waals surface area contributed by atoms with Gasteiger partial charge in [-0.3, -0.25) is 4.98 Å². The van der Waals surface area contributed by atoms with E-state index in [1.165, 1.54) is 12.1 Å². The molecule has 7 rings (SSSR count). The smallest absolute Gasteiger partial charge is 0.133 e. The number of halogens is 2. The van der Waals surface area contributed by atoms with Crippen molar-refractivity contribution in [3.63, 3.8) is 0 Å². The third kappa shape index (κ3) is 4.25. The van der Waals surface area contributed by atoms with E-state index in [-0.39, 0.29) is 17.7 Å². The van der Waals surface area contributed by atoms with E-state index in [0.29, 0.717) is 52.2 Å². The summed E-state index contributed by atoms with van der Waals surface area (Å²) in [4.78, 5) is 4.82. The molecular formula is C32H33F2N5O2. The summed E-state index contributed by atoms with van der Waals surface area (Å²) in [5.41, 5.74) is 3.92. The highest BCUT2D eigenvalue weighted by Crippen LogP contribution is 2.47. The molecule has 0 radical (unpaired) electrons. The highest BCUT2D eigenvalue weighted by atomic mass is 19.1. The lowest BCUT2D eigenvalue weighted by Gasteiger charge is -2.33. The summed E-state index contributed by atoms with van der Waals surface area (Å²) in [5, 5.41) is 20.4. The molecule has 5 aromatic rings. The lowest BCUT2D eigenvalue weighted by atomic mass is 9.86. The summed E-state index contributed by atoms with van der Waals surface area (Å²) >= 11 is 0. The molecule has 7 nitrogen and oxygen atoms in total. The van der Waals surface area contributed by atoms with Crippen molar-refractivity contribution in [2.75, 3.05) is 13.2 Å². The van der Waals surface area contributed by atoms with E-state index >= 15 is 8.78 Å². The van der Waals surface area contributed by atoms with Crippen molar-refractivity contribution in [2.24, 2.45) is 18.9 Å². The fourth-order valence-corrected chi connectivity index (χ4v) is 6.74. The Kier molecular flexibility index (Phi) is 6.21. The van der Waals surface area contributed by atoms with E-state index in [9.17, 15) is 5.11 Å². The van der Waals surface area contributed by atoms with Gasteiger partial charge in [-0.15, -0.1) is 5.10 Å². The second-order valence-electron chi connectivity index (χ2n) is 11.8. The first-order valence-corrected chi connectivity index (χ1v) is 14.3. The van der Waals surface area contributed by atoms with Crippen molar-refractivity contribution in [2.45, 2.75) is 51.2 Å². The zero-order chi connectivity index (χ0) is 28.5. The van der Waals surface area contributed by atoms with E-state index in [1.54, 1.807) is 30.9 Å². The topological polar surface area (TPSA) is 78.0 Å². The van der Waals surface area contributed by atoms with Crippen LogP contribution in [0.4, 0.5) is 8.78 Å². The minimum atomic E-state index is -1.04. The second-order valence-corrected chi connectivity index (χ2v) is 11.8. The normalized spacial score (nSPS) is 18.7. The van der Waals surface area contributed by atoms with Crippen molar-refractivity contribution in [3.05, 3.63) is 77.1 Å². The molecule has 1 N–H and O–H groups in total. The maximum Gasteiger partial charge on any atom is 0.133 e. The monoisotopic (exact) mass is 557 g/mol. The minimum absolute atomic E-state index is 0.0701. The Bertz CT molecular complexity index is 1760. The van der Waals surface area contributed by atoms with Crippen molar-refractivity contribution in [3.8, 4) is 11.3 Å². The average molecular weight is 558 g/mol. The van der Waals surface area contributed by atoms with Gasteiger partial charge in [-0.2, -0.15) is 0 Å². The Hall–Kier alpha value is -3.69. The Morgan fingerprint density at radius 2 is 1.78 bits per heavy atom. The third-order valence-corrected chi connectivity index (χ3v) is 9.15. The van der Waals surface area contributed by atoms with Gasteiger partial charge in [0.25, 0.3) is 0 Å². The van der Waals surface area contributed by atoms with Crippen LogP contribution in [0, 0.1) is 30.4 Å². The zero-order valence-corrected chi connectivity index (χ0v) is 23.4. The first kappa shape index (κ1) is 26.2. The Labute approximate surface area is 236 Å². The molecule has 0 bridgehead atoms. The quantitative estimate of drug-likeness (QED) is 0.269. The van der Waals surface area contributed by atoms with Crippen LogP contribution in [0.15, 0.2) is 48.7 Å². The van der Waals surface area contributed by atoms with Gasteiger partial charge in [-0.25, -0.2) is 13.5 Å². The maximum atomic E-state index is 15.9. The van der Waals surface area contributed by atoms with Crippen LogP contribution in [-0.2, 0) is 17.4 Å². The molecule has 1 aliphatic heterocycles. The van der Waals surface area contributed by atoms with Crippen LogP contribution in [0.2, 0.25) is 0 Å². The number of aromatic nitrogens is 5. The maximum absolute atomic E-state index is 15.9. The van der Waals surface area contributed by atoms with Gasteiger partial charge in [0.2, 0.25) is 0 Å². The summed E-state index contributed by atoms with van der Waals surface area (Å²) in [6.45, 7) is 4.82. The van der Waals surface area contributed by atoms with E-state index in [2.05, 4.69) is 14.9 Å². The van der Waals surface area contributed by atoms with Crippen LogP contribution in [0.3, 0.4) is 0 Å². The molecule has 0 amide bonds. The Morgan fingerprint density at radius 1 is 1.02 bits per heavy atom. The molecule has 1 saturated carbocycles. The largest absolute Gasteiger partial charge is 0.385 e. The summed E-state index contributed by atoms with van der Waals surface area (Å²) < 4.78 is 40.9. The molecule has 212 valence electrons. The van der Waals surface area contributed by atoms with Gasteiger partial charge in [0, 0.05) is 48.5 Å². The molecule has 2 atom stereocenters. The zero-order valence-electron chi connectivity index (χ0n) is 23.4. The van der Waals surface area contributed by atoms with Crippen LogP contribution in [0.25, 0.3) is 33.2 Å². The van der Waals surface area contributed by atoms with Crippen molar-refractivity contribution < 1.29 is 18.6 Å². The molecular weight excluding hydrogens is 524 g/mol. The molecule has 1 saturated heterocycles. The SMILES string of the molecule is Cc1nnn(C)c1-c1cc2c(cc1F)c1ncc(C(C)(O)C3CC3)cc1n2C(c1ccccc1F)C1CCOCC1. The van der Waals surface area contributed by atoms with Crippen molar-refractivity contribution in [1.82, 2.24) is 24.5 Å². The molecule has 2 aliphatic rings. The van der Waals surface area contributed by atoms with Crippen LogP contribution in [-0.4, -0.2) is 42.9 Å². The molecule has 9 heteroatoms. The molecule has 2 fully saturated rings. The number of pyridine rings is 1. The molecule has 41 heavy (non-hydrogen) atoms. The first-order chi connectivity index (χ1) is 19.8. The predicted octanol–water partition coefficient (Wildman–Crippen LogP) is 6.21. The summed E-state index contributed by atoms with van der Waals surface area (Å²) in [6, 6.07) is 11.8. The van der Waals surface area contributed by atoms with E-state index < -0.39 is 17.5 Å². The van der Waals surface area contributed by atoms with Gasteiger partial charge in [0.1, 0.15) is 11.6 Å². The molecule has 2 unspecified atom stereocenters. The average Bonchev–Trinajstić information content (AvgIpc) is 3.73. The standard InChI is InChI=1S/C32H33F2N5O2/c1-18-30(38(3)37-36-18)23-16-27-24(15-26(23)34)29-28(14-21(17-35-29)32(2,40)20-8-9-20)39(27)31(19-10-12-41-13-11-19)22-6-4-5-7-25(22)33/h4-7,14-17,19-20,31,40H,8-13H2,1-3H3. The van der Waals surface area contributed by atoms with Gasteiger partial charge < -0.3 is 14.4 Å². The predicted molar refractivity (Wildman–Crippen MR) is 152 cm³/mol. The fraction of sp³-hybridized carbons (Fsp3) is 0.406. The van der Waals surface area contributed by atoms with E-state index in [0.717, 1.165) is 36.7 Å². The van der Waals surface area contributed by atoms with Crippen molar-refractivity contribution in [1.29, 1.82) is 0 Å². The number of aryl methyl sites for hydroxylation is 2. The summed E-state index contributed by atoms with van der Waals surface area (Å²) in [7, 11) is 1.74. The Morgan fingerprint density at radius 3 is 2.46 bits per heavy atom. The third-order valence-electron chi connectivity index (χ3n) is 9.15. The number of nitrogens with zero attached hydrogens (tertiary/aromatic N) is 5. The second kappa shape index (κ2) is 9.70. The molecule has 4 heterocycles. The number of ether oxygens (including phenoxy) is 1. The lowest BCUT2D eigenvalue weighted by Crippen LogP contribution is -2.28. The van der Waals surface area contributed by atoms with Gasteiger partial charge in [0.05, 0.1) is 39.6 Å². The number of fused-ring (bicyclic) bond motifs is 3. The van der Waals surface area contributed by atoms with E-state index in [1.807, 2.05) is 31.2 Å². The highest BCUT2D eigenvalue weighted by Gasteiger charge is 2.42.